The van der Waals surface area contributed by atoms with Crippen molar-refractivity contribution < 1.29 is 9.47 Å². The molecule has 2 aliphatic rings. The maximum Gasteiger partial charge on any atom is 0.0788 e. The summed E-state index contributed by atoms with van der Waals surface area (Å²) in [4.78, 5) is 0. The van der Waals surface area contributed by atoms with Gasteiger partial charge in [-0.1, -0.05) is 20.8 Å². The van der Waals surface area contributed by atoms with Crippen molar-refractivity contribution in [1.82, 2.24) is 5.43 Å². The van der Waals surface area contributed by atoms with E-state index in [1.54, 1.807) is 7.11 Å². The monoisotopic (exact) mass is 270 g/mol. The van der Waals surface area contributed by atoms with Gasteiger partial charge in [-0.05, 0) is 43.4 Å². The van der Waals surface area contributed by atoms with E-state index in [-0.39, 0.29) is 23.2 Å². The third-order valence-corrected chi connectivity index (χ3v) is 4.93. The summed E-state index contributed by atoms with van der Waals surface area (Å²) in [5.41, 5.74) is 3.28. The van der Waals surface area contributed by atoms with Crippen LogP contribution in [-0.2, 0) is 9.47 Å². The maximum atomic E-state index is 6.02. The van der Waals surface area contributed by atoms with Crippen molar-refractivity contribution in [3.8, 4) is 0 Å². The molecule has 3 N–H and O–H groups in total. The van der Waals surface area contributed by atoms with Gasteiger partial charge in [0.05, 0.1) is 17.7 Å². The van der Waals surface area contributed by atoms with Crippen LogP contribution >= 0.6 is 0 Å². The fraction of sp³-hybridized carbons (Fsp3) is 1.00. The summed E-state index contributed by atoms with van der Waals surface area (Å²) in [6.45, 7) is 7.50. The topological polar surface area (TPSA) is 56.5 Å². The fourth-order valence-corrected chi connectivity index (χ4v) is 3.80. The SMILES string of the molecule is COC(C(NN)C1CCOC2(CCC2)C1)C(C)(C)C. The van der Waals surface area contributed by atoms with Crippen molar-refractivity contribution in [3.05, 3.63) is 0 Å². The quantitative estimate of drug-likeness (QED) is 0.607. The Kier molecular flexibility index (Phi) is 4.56. The third-order valence-electron chi connectivity index (χ3n) is 4.93. The van der Waals surface area contributed by atoms with Crippen molar-refractivity contribution in [2.45, 2.75) is 70.6 Å². The van der Waals surface area contributed by atoms with Crippen LogP contribution in [0.15, 0.2) is 0 Å². The Morgan fingerprint density at radius 2 is 2.05 bits per heavy atom. The Labute approximate surface area is 117 Å². The van der Waals surface area contributed by atoms with Crippen LogP contribution in [0.4, 0.5) is 0 Å². The second-order valence-corrected chi connectivity index (χ2v) is 7.35. The van der Waals surface area contributed by atoms with Crippen LogP contribution in [0.1, 0.15) is 52.9 Å². The highest BCUT2D eigenvalue weighted by molar-refractivity contribution is 4.99. The van der Waals surface area contributed by atoms with Crippen molar-refractivity contribution in [3.63, 3.8) is 0 Å². The van der Waals surface area contributed by atoms with E-state index in [1.807, 2.05) is 0 Å². The lowest BCUT2D eigenvalue weighted by Crippen LogP contribution is -2.58. The molecule has 1 aliphatic heterocycles. The lowest BCUT2D eigenvalue weighted by atomic mass is 9.68. The molecule has 2 rings (SSSR count). The molecule has 4 nitrogen and oxygen atoms in total. The van der Waals surface area contributed by atoms with Gasteiger partial charge in [0.25, 0.3) is 0 Å². The first kappa shape index (κ1) is 15.2. The molecule has 4 heteroatoms. The Morgan fingerprint density at radius 1 is 1.37 bits per heavy atom. The van der Waals surface area contributed by atoms with E-state index in [0.717, 1.165) is 19.4 Å². The third kappa shape index (κ3) is 3.13. The number of methoxy groups -OCH3 is 1. The van der Waals surface area contributed by atoms with E-state index in [4.69, 9.17) is 15.3 Å². The van der Waals surface area contributed by atoms with E-state index < -0.39 is 0 Å². The molecule has 1 heterocycles. The van der Waals surface area contributed by atoms with Crippen LogP contribution in [0.5, 0.6) is 0 Å². The molecule has 1 saturated heterocycles. The predicted octanol–water partition coefficient (Wildman–Crippen LogP) is 2.23. The van der Waals surface area contributed by atoms with Crippen LogP contribution in [0.2, 0.25) is 0 Å². The minimum Gasteiger partial charge on any atom is -0.379 e. The molecule has 1 spiro atoms. The highest BCUT2D eigenvalue weighted by Gasteiger charge is 2.46. The van der Waals surface area contributed by atoms with Crippen molar-refractivity contribution in [2.75, 3.05) is 13.7 Å². The first-order valence-electron chi connectivity index (χ1n) is 7.55. The van der Waals surface area contributed by atoms with E-state index >= 15 is 0 Å². The largest absolute Gasteiger partial charge is 0.379 e. The molecule has 3 unspecified atom stereocenters. The Bertz CT molecular complexity index is 297. The van der Waals surface area contributed by atoms with Gasteiger partial charge in [0.15, 0.2) is 0 Å². The van der Waals surface area contributed by atoms with Crippen molar-refractivity contribution >= 4 is 0 Å². The lowest BCUT2D eigenvalue weighted by Gasteiger charge is -2.50. The molecule has 0 radical (unpaired) electrons. The zero-order valence-electron chi connectivity index (χ0n) is 12.9. The zero-order valence-corrected chi connectivity index (χ0v) is 12.9. The molecule has 1 saturated carbocycles. The first-order valence-corrected chi connectivity index (χ1v) is 7.55. The number of nitrogens with two attached hydrogens (primary N) is 1. The first-order chi connectivity index (χ1) is 8.92. The van der Waals surface area contributed by atoms with Crippen LogP contribution in [0.25, 0.3) is 0 Å². The number of hydrogen-bond acceptors (Lipinski definition) is 4. The Hall–Kier alpha value is -0.160. The van der Waals surface area contributed by atoms with Gasteiger partial charge in [-0.3, -0.25) is 11.3 Å². The minimum atomic E-state index is 0.0802. The van der Waals surface area contributed by atoms with E-state index in [9.17, 15) is 0 Å². The molecular weight excluding hydrogens is 240 g/mol. The summed E-state index contributed by atoms with van der Waals surface area (Å²) in [5, 5.41) is 0. The summed E-state index contributed by atoms with van der Waals surface area (Å²) < 4.78 is 11.8. The fourth-order valence-electron chi connectivity index (χ4n) is 3.80. The standard InChI is InChI=1S/C15H30N2O2/c1-14(2,3)13(18-4)12(17-16)11-6-9-19-15(10-11)7-5-8-15/h11-13,17H,5-10,16H2,1-4H3. The summed E-state index contributed by atoms with van der Waals surface area (Å²) in [6.07, 6.45) is 6.06. The number of hydrogen-bond donors (Lipinski definition) is 2. The lowest BCUT2D eigenvalue weighted by molar-refractivity contribution is -0.156. The van der Waals surface area contributed by atoms with Crippen LogP contribution in [0.3, 0.4) is 0 Å². The molecular formula is C15H30N2O2. The van der Waals surface area contributed by atoms with Gasteiger partial charge in [-0.15, -0.1) is 0 Å². The number of ether oxygens (including phenoxy) is 2. The summed E-state index contributed by atoms with van der Waals surface area (Å²) >= 11 is 0. The highest BCUT2D eigenvalue weighted by Crippen LogP contribution is 2.46. The Morgan fingerprint density at radius 3 is 2.47 bits per heavy atom. The van der Waals surface area contributed by atoms with Crippen LogP contribution < -0.4 is 11.3 Å². The second kappa shape index (κ2) is 5.68. The molecule has 1 aliphatic carbocycles. The van der Waals surface area contributed by atoms with Crippen LogP contribution in [-0.4, -0.2) is 31.5 Å². The van der Waals surface area contributed by atoms with E-state index in [0.29, 0.717) is 5.92 Å². The van der Waals surface area contributed by atoms with Gasteiger partial charge in [0, 0.05) is 13.7 Å². The summed E-state index contributed by atoms with van der Waals surface area (Å²) in [7, 11) is 1.79. The molecule has 0 aromatic heterocycles. The molecule has 2 fully saturated rings. The van der Waals surface area contributed by atoms with Gasteiger partial charge in [0.2, 0.25) is 0 Å². The summed E-state index contributed by atoms with van der Waals surface area (Å²) in [5.74, 6) is 6.40. The number of nitrogens with one attached hydrogen (secondary N) is 1. The smallest absolute Gasteiger partial charge is 0.0788 e. The van der Waals surface area contributed by atoms with Gasteiger partial charge in [-0.25, -0.2) is 0 Å². The molecule has 0 aromatic carbocycles. The van der Waals surface area contributed by atoms with Crippen molar-refractivity contribution in [2.24, 2.45) is 17.2 Å². The molecule has 0 amide bonds. The van der Waals surface area contributed by atoms with Gasteiger partial charge in [-0.2, -0.15) is 0 Å². The second-order valence-electron chi connectivity index (χ2n) is 7.35. The maximum absolute atomic E-state index is 6.02. The molecule has 0 bridgehead atoms. The average molecular weight is 270 g/mol. The van der Waals surface area contributed by atoms with Crippen molar-refractivity contribution in [1.29, 1.82) is 0 Å². The van der Waals surface area contributed by atoms with Gasteiger partial charge < -0.3 is 9.47 Å². The Balaban J connectivity index is 2.07. The van der Waals surface area contributed by atoms with E-state index in [2.05, 4.69) is 26.2 Å². The summed E-state index contributed by atoms with van der Waals surface area (Å²) in [6, 6.07) is 0.200. The average Bonchev–Trinajstić information content (AvgIpc) is 2.32. The highest BCUT2D eigenvalue weighted by atomic mass is 16.5. The van der Waals surface area contributed by atoms with Gasteiger partial charge >= 0.3 is 0 Å². The molecule has 112 valence electrons. The number of hydrazine groups is 1. The molecule has 0 aromatic rings. The predicted molar refractivity (Wildman–Crippen MR) is 76.6 cm³/mol. The normalized spacial score (nSPS) is 29.8. The van der Waals surface area contributed by atoms with Crippen LogP contribution in [0, 0.1) is 11.3 Å². The van der Waals surface area contributed by atoms with E-state index in [1.165, 1.54) is 19.3 Å². The molecule has 3 atom stereocenters. The molecule has 19 heavy (non-hydrogen) atoms. The minimum absolute atomic E-state index is 0.0802. The zero-order chi connectivity index (χ0) is 14.1. The number of rotatable bonds is 4. The van der Waals surface area contributed by atoms with Gasteiger partial charge in [0.1, 0.15) is 0 Å².